The molecule has 0 aliphatic carbocycles. The molecule has 0 unspecified atom stereocenters. The van der Waals surface area contributed by atoms with Crippen LogP contribution in [0.5, 0.6) is 0 Å². The number of carbonyl (C=O) groups is 1. The maximum absolute atomic E-state index is 11.8. The molecular formula is C16H26N2O2. The van der Waals surface area contributed by atoms with Gasteiger partial charge in [-0.15, -0.1) is 0 Å². The molecule has 0 bridgehead atoms. The fraction of sp³-hybridized carbons (Fsp3) is 0.562. The molecule has 20 heavy (non-hydrogen) atoms. The number of likely N-dealkylation sites (N-methyl/N-ethyl adjacent to an activating group) is 1. The molecule has 0 aliphatic rings. The van der Waals surface area contributed by atoms with Crippen LogP contribution in [0.1, 0.15) is 26.2 Å². The zero-order valence-corrected chi connectivity index (χ0v) is 12.6. The SMILES string of the molecule is CCCCOCCCNC(=O)CN(C)c1ccccc1. The van der Waals surface area contributed by atoms with E-state index < -0.39 is 0 Å². The van der Waals surface area contributed by atoms with Gasteiger partial charge in [-0.1, -0.05) is 31.5 Å². The fourth-order valence-electron chi connectivity index (χ4n) is 1.80. The third-order valence-corrected chi connectivity index (χ3v) is 3.01. The van der Waals surface area contributed by atoms with Gasteiger partial charge in [0, 0.05) is 32.5 Å². The number of carbonyl (C=O) groups excluding carboxylic acids is 1. The molecule has 4 heteroatoms. The first-order valence-electron chi connectivity index (χ1n) is 7.34. The molecule has 1 amide bonds. The lowest BCUT2D eigenvalue weighted by molar-refractivity contribution is -0.119. The summed E-state index contributed by atoms with van der Waals surface area (Å²) < 4.78 is 5.44. The Morgan fingerprint density at radius 2 is 1.90 bits per heavy atom. The van der Waals surface area contributed by atoms with Gasteiger partial charge in [0.25, 0.3) is 0 Å². The first-order chi connectivity index (χ1) is 9.74. The summed E-state index contributed by atoms with van der Waals surface area (Å²) in [4.78, 5) is 13.7. The Labute approximate surface area is 122 Å². The predicted octanol–water partition coefficient (Wildman–Crippen LogP) is 2.45. The van der Waals surface area contributed by atoms with Crippen molar-refractivity contribution in [2.45, 2.75) is 26.2 Å². The largest absolute Gasteiger partial charge is 0.381 e. The minimum Gasteiger partial charge on any atom is -0.381 e. The van der Waals surface area contributed by atoms with Crippen LogP contribution in [0.2, 0.25) is 0 Å². The minimum atomic E-state index is 0.0462. The van der Waals surface area contributed by atoms with E-state index >= 15 is 0 Å². The third kappa shape index (κ3) is 7.14. The smallest absolute Gasteiger partial charge is 0.239 e. The molecule has 4 nitrogen and oxygen atoms in total. The molecule has 0 aromatic heterocycles. The number of para-hydroxylation sites is 1. The maximum Gasteiger partial charge on any atom is 0.239 e. The second-order valence-electron chi connectivity index (χ2n) is 4.86. The zero-order chi connectivity index (χ0) is 14.6. The van der Waals surface area contributed by atoms with Crippen LogP contribution in [0.25, 0.3) is 0 Å². The van der Waals surface area contributed by atoms with Gasteiger partial charge in [-0.25, -0.2) is 0 Å². The second-order valence-corrected chi connectivity index (χ2v) is 4.86. The Balaban J connectivity index is 2.08. The number of ether oxygens (including phenoxy) is 1. The number of unbranched alkanes of at least 4 members (excludes halogenated alkanes) is 1. The van der Waals surface area contributed by atoms with Crippen LogP contribution in [0.4, 0.5) is 5.69 Å². The van der Waals surface area contributed by atoms with Crippen molar-refractivity contribution in [2.75, 3.05) is 38.3 Å². The van der Waals surface area contributed by atoms with E-state index in [9.17, 15) is 4.79 Å². The van der Waals surface area contributed by atoms with Crippen molar-refractivity contribution in [2.24, 2.45) is 0 Å². The van der Waals surface area contributed by atoms with Crippen LogP contribution < -0.4 is 10.2 Å². The molecule has 1 rings (SSSR count). The van der Waals surface area contributed by atoms with Gasteiger partial charge in [0.1, 0.15) is 0 Å². The Morgan fingerprint density at radius 3 is 2.60 bits per heavy atom. The van der Waals surface area contributed by atoms with Crippen molar-refractivity contribution in [1.29, 1.82) is 0 Å². The number of nitrogens with zero attached hydrogens (tertiary/aromatic N) is 1. The summed E-state index contributed by atoms with van der Waals surface area (Å²) in [5.41, 5.74) is 1.05. The molecule has 0 saturated carbocycles. The van der Waals surface area contributed by atoms with E-state index in [1.165, 1.54) is 0 Å². The van der Waals surface area contributed by atoms with Crippen LogP contribution in [0.3, 0.4) is 0 Å². The van der Waals surface area contributed by atoms with Crippen molar-refractivity contribution in [1.82, 2.24) is 5.32 Å². The average molecular weight is 278 g/mol. The summed E-state index contributed by atoms with van der Waals surface area (Å²) in [6.45, 7) is 4.73. The molecule has 0 saturated heterocycles. The molecule has 1 N–H and O–H groups in total. The van der Waals surface area contributed by atoms with Gasteiger partial charge in [0.2, 0.25) is 5.91 Å². The first-order valence-corrected chi connectivity index (χ1v) is 7.34. The Morgan fingerprint density at radius 1 is 1.20 bits per heavy atom. The molecule has 0 aliphatic heterocycles. The zero-order valence-electron chi connectivity index (χ0n) is 12.6. The topological polar surface area (TPSA) is 41.6 Å². The van der Waals surface area contributed by atoms with E-state index in [0.29, 0.717) is 13.1 Å². The number of benzene rings is 1. The van der Waals surface area contributed by atoms with Crippen LogP contribution in [-0.4, -0.2) is 39.3 Å². The molecule has 1 aromatic carbocycles. The average Bonchev–Trinajstić information content (AvgIpc) is 2.47. The molecule has 0 radical (unpaired) electrons. The van der Waals surface area contributed by atoms with Crippen LogP contribution in [-0.2, 0) is 9.53 Å². The fourth-order valence-corrected chi connectivity index (χ4v) is 1.80. The highest BCUT2D eigenvalue weighted by Crippen LogP contribution is 2.09. The lowest BCUT2D eigenvalue weighted by atomic mass is 10.3. The molecule has 0 fully saturated rings. The monoisotopic (exact) mass is 278 g/mol. The Kier molecular flexibility index (Phi) is 8.47. The van der Waals surface area contributed by atoms with Crippen molar-refractivity contribution < 1.29 is 9.53 Å². The number of nitrogens with one attached hydrogen (secondary N) is 1. The van der Waals surface area contributed by atoms with Gasteiger partial charge < -0.3 is 15.0 Å². The molecule has 112 valence electrons. The van der Waals surface area contributed by atoms with Crippen LogP contribution >= 0.6 is 0 Å². The van der Waals surface area contributed by atoms with E-state index in [1.807, 2.05) is 42.3 Å². The first kappa shape index (κ1) is 16.5. The molecule has 0 spiro atoms. The van der Waals surface area contributed by atoms with Gasteiger partial charge >= 0.3 is 0 Å². The van der Waals surface area contributed by atoms with Gasteiger partial charge in [-0.05, 0) is 25.0 Å². The molecular weight excluding hydrogens is 252 g/mol. The predicted molar refractivity (Wildman–Crippen MR) is 83.1 cm³/mol. The van der Waals surface area contributed by atoms with Crippen LogP contribution in [0, 0.1) is 0 Å². The van der Waals surface area contributed by atoms with E-state index in [2.05, 4.69) is 12.2 Å². The van der Waals surface area contributed by atoms with E-state index in [-0.39, 0.29) is 5.91 Å². The van der Waals surface area contributed by atoms with E-state index in [4.69, 9.17) is 4.74 Å². The standard InChI is InChI=1S/C16H26N2O2/c1-3-4-12-20-13-8-11-17-16(19)14-18(2)15-9-6-5-7-10-15/h5-7,9-10H,3-4,8,11-14H2,1-2H3,(H,17,19). The van der Waals surface area contributed by atoms with Gasteiger partial charge in [0.05, 0.1) is 6.54 Å². The van der Waals surface area contributed by atoms with Crippen molar-refractivity contribution in [3.05, 3.63) is 30.3 Å². The minimum absolute atomic E-state index is 0.0462. The normalized spacial score (nSPS) is 10.3. The molecule has 0 atom stereocenters. The molecule has 0 heterocycles. The summed E-state index contributed by atoms with van der Waals surface area (Å²) >= 11 is 0. The molecule has 1 aromatic rings. The Bertz CT molecular complexity index is 368. The third-order valence-electron chi connectivity index (χ3n) is 3.01. The lowest BCUT2D eigenvalue weighted by Crippen LogP contribution is -2.35. The van der Waals surface area contributed by atoms with Gasteiger partial charge in [-0.3, -0.25) is 4.79 Å². The van der Waals surface area contributed by atoms with Crippen molar-refractivity contribution in [3.63, 3.8) is 0 Å². The van der Waals surface area contributed by atoms with Crippen molar-refractivity contribution in [3.8, 4) is 0 Å². The summed E-state index contributed by atoms with van der Waals surface area (Å²) in [5.74, 6) is 0.0462. The number of anilines is 1. The second kappa shape index (κ2) is 10.3. The highest BCUT2D eigenvalue weighted by atomic mass is 16.5. The van der Waals surface area contributed by atoms with E-state index in [1.54, 1.807) is 0 Å². The number of rotatable bonds is 10. The summed E-state index contributed by atoms with van der Waals surface area (Å²) in [5, 5.41) is 2.91. The summed E-state index contributed by atoms with van der Waals surface area (Å²) in [7, 11) is 1.92. The quantitative estimate of drug-likeness (QED) is 0.668. The summed E-state index contributed by atoms with van der Waals surface area (Å²) in [6, 6.07) is 9.90. The van der Waals surface area contributed by atoms with Gasteiger partial charge in [0.15, 0.2) is 0 Å². The number of hydrogen-bond acceptors (Lipinski definition) is 3. The highest BCUT2D eigenvalue weighted by molar-refractivity contribution is 5.81. The Hall–Kier alpha value is -1.55. The number of amides is 1. The van der Waals surface area contributed by atoms with Crippen LogP contribution in [0.15, 0.2) is 30.3 Å². The van der Waals surface area contributed by atoms with E-state index in [0.717, 1.165) is 38.2 Å². The van der Waals surface area contributed by atoms with Gasteiger partial charge in [-0.2, -0.15) is 0 Å². The maximum atomic E-state index is 11.8. The summed E-state index contributed by atoms with van der Waals surface area (Å²) in [6.07, 6.45) is 3.13. The highest BCUT2D eigenvalue weighted by Gasteiger charge is 2.06. The van der Waals surface area contributed by atoms with Crippen molar-refractivity contribution >= 4 is 11.6 Å². The number of hydrogen-bond donors (Lipinski definition) is 1. The lowest BCUT2D eigenvalue weighted by Gasteiger charge is -2.18.